The third kappa shape index (κ3) is 4.46. The maximum atomic E-state index is 12.7. The molecule has 0 saturated carbocycles. The maximum absolute atomic E-state index is 12.7. The topological polar surface area (TPSA) is 102 Å². The van der Waals surface area contributed by atoms with Crippen molar-refractivity contribution in [3.05, 3.63) is 65.4 Å². The summed E-state index contributed by atoms with van der Waals surface area (Å²) < 4.78 is 38.5. The summed E-state index contributed by atoms with van der Waals surface area (Å²) in [6.45, 7) is 1.38. The van der Waals surface area contributed by atoms with Crippen LogP contribution in [0.15, 0.2) is 65.3 Å². The number of sulfonamides is 1. The van der Waals surface area contributed by atoms with Gasteiger partial charge in [0.2, 0.25) is 10.0 Å². The molecule has 0 radical (unpaired) electrons. The molecule has 1 aliphatic rings. The van der Waals surface area contributed by atoms with Crippen molar-refractivity contribution in [3.63, 3.8) is 0 Å². The second-order valence-corrected chi connectivity index (χ2v) is 8.59. The highest BCUT2D eigenvalue weighted by atomic mass is 35.5. The zero-order valence-electron chi connectivity index (χ0n) is 14.9. The predicted octanol–water partition coefficient (Wildman–Crippen LogP) is 3.56. The van der Waals surface area contributed by atoms with Gasteiger partial charge in [0.25, 0.3) is 0 Å². The van der Waals surface area contributed by atoms with E-state index < -0.39 is 21.5 Å². The van der Waals surface area contributed by atoms with Crippen molar-refractivity contribution < 1.29 is 27.8 Å². The van der Waals surface area contributed by atoms with E-state index >= 15 is 0 Å². The third-order valence-corrected chi connectivity index (χ3v) is 5.92. The van der Waals surface area contributed by atoms with E-state index in [2.05, 4.69) is 4.72 Å². The summed E-state index contributed by atoms with van der Waals surface area (Å²) in [6.07, 6.45) is 1.44. The standard InChI is InChI=1S/C19H18ClNO6S/c1-13-10-19(18(22)23,12-26-11-13)21-28(24,25)17-8-6-16(7-9-17)27-15-4-2-14(20)3-5-15/h2-9,11,21H,10,12H2,1H3,(H,22,23). The van der Waals surface area contributed by atoms with Crippen LogP contribution in [0.4, 0.5) is 0 Å². The molecule has 0 saturated heterocycles. The van der Waals surface area contributed by atoms with Gasteiger partial charge in [0.15, 0.2) is 5.54 Å². The number of benzene rings is 2. The summed E-state index contributed by atoms with van der Waals surface area (Å²) in [6, 6.07) is 12.4. The Balaban J connectivity index is 1.79. The van der Waals surface area contributed by atoms with E-state index in [1.807, 2.05) is 0 Å². The average molecular weight is 424 g/mol. The lowest BCUT2D eigenvalue weighted by molar-refractivity contribution is -0.146. The minimum absolute atomic E-state index is 0.0132. The molecule has 148 valence electrons. The first kappa shape index (κ1) is 20.2. The molecule has 2 aromatic rings. The molecule has 2 aromatic carbocycles. The van der Waals surface area contributed by atoms with Crippen LogP contribution in [0, 0.1) is 0 Å². The fourth-order valence-electron chi connectivity index (χ4n) is 2.78. The van der Waals surface area contributed by atoms with E-state index in [1.54, 1.807) is 31.2 Å². The number of carbonyl (C=O) groups is 1. The van der Waals surface area contributed by atoms with E-state index in [9.17, 15) is 18.3 Å². The first-order valence-corrected chi connectivity index (χ1v) is 10.1. The summed E-state index contributed by atoms with van der Waals surface area (Å²) in [4.78, 5) is 11.7. The molecule has 1 unspecified atom stereocenters. The number of nitrogens with one attached hydrogen (secondary N) is 1. The van der Waals surface area contributed by atoms with Gasteiger partial charge in [-0.15, -0.1) is 0 Å². The van der Waals surface area contributed by atoms with Crippen molar-refractivity contribution in [2.75, 3.05) is 6.61 Å². The summed E-state index contributed by atoms with van der Waals surface area (Å²) >= 11 is 5.82. The van der Waals surface area contributed by atoms with Gasteiger partial charge in [0.1, 0.15) is 18.1 Å². The quantitative estimate of drug-likeness (QED) is 0.736. The van der Waals surface area contributed by atoms with Crippen LogP contribution in [0.3, 0.4) is 0 Å². The Kier molecular flexibility index (Phi) is 5.64. The van der Waals surface area contributed by atoms with Gasteiger partial charge in [-0.1, -0.05) is 11.6 Å². The number of carboxylic acid groups (broad SMARTS) is 1. The highest BCUT2D eigenvalue weighted by molar-refractivity contribution is 7.89. The molecule has 0 aromatic heterocycles. The Labute approximate surface area is 167 Å². The van der Waals surface area contributed by atoms with Gasteiger partial charge in [-0.05, 0) is 61.0 Å². The minimum Gasteiger partial charge on any atom is -0.499 e. The van der Waals surface area contributed by atoms with Crippen LogP contribution >= 0.6 is 11.6 Å². The molecule has 7 nitrogen and oxygen atoms in total. The molecule has 2 N–H and O–H groups in total. The van der Waals surface area contributed by atoms with Crippen LogP contribution in [-0.2, 0) is 19.6 Å². The lowest BCUT2D eigenvalue weighted by Crippen LogP contribution is -2.58. The summed E-state index contributed by atoms with van der Waals surface area (Å²) in [5, 5.41) is 10.2. The second kappa shape index (κ2) is 7.83. The first-order valence-electron chi connectivity index (χ1n) is 8.28. The fraction of sp³-hybridized carbons (Fsp3) is 0.211. The molecular formula is C19H18ClNO6S. The van der Waals surface area contributed by atoms with Crippen molar-refractivity contribution in [2.45, 2.75) is 23.8 Å². The largest absolute Gasteiger partial charge is 0.499 e. The molecule has 1 aliphatic heterocycles. The van der Waals surface area contributed by atoms with Gasteiger partial charge in [-0.2, -0.15) is 4.72 Å². The molecule has 3 rings (SSSR count). The van der Waals surface area contributed by atoms with Gasteiger partial charge >= 0.3 is 5.97 Å². The molecule has 28 heavy (non-hydrogen) atoms. The van der Waals surface area contributed by atoms with Crippen LogP contribution in [0.1, 0.15) is 13.3 Å². The summed E-state index contributed by atoms with van der Waals surface area (Å²) in [7, 11) is -4.09. The number of hydrogen-bond acceptors (Lipinski definition) is 5. The SMILES string of the molecule is CC1=COCC(NS(=O)(=O)c2ccc(Oc3ccc(Cl)cc3)cc2)(C(=O)O)C1. The van der Waals surface area contributed by atoms with E-state index in [0.29, 0.717) is 22.1 Å². The molecule has 0 spiro atoms. The average Bonchev–Trinajstić information content (AvgIpc) is 2.63. The number of ether oxygens (including phenoxy) is 2. The molecule has 0 aliphatic carbocycles. The normalized spacial score (nSPS) is 19.4. The minimum atomic E-state index is -4.09. The first-order chi connectivity index (χ1) is 13.2. The van der Waals surface area contributed by atoms with Crippen LogP contribution in [0.25, 0.3) is 0 Å². The molecule has 1 heterocycles. The Morgan fingerprint density at radius 2 is 1.71 bits per heavy atom. The molecular weight excluding hydrogens is 406 g/mol. The lowest BCUT2D eigenvalue weighted by atomic mass is 9.92. The highest BCUT2D eigenvalue weighted by Crippen LogP contribution is 2.27. The van der Waals surface area contributed by atoms with Crippen LogP contribution in [-0.4, -0.2) is 31.6 Å². The maximum Gasteiger partial charge on any atom is 0.328 e. The van der Waals surface area contributed by atoms with E-state index in [4.69, 9.17) is 21.1 Å². The number of hydrogen-bond donors (Lipinski definition) is 2. The Hall–Kier alpha value is -2.55. The third-order valence-electron chi connectivity index (χ3n) is 4.12. The Morgan fingerprint density at radius 1 is 1.14 bits per heavy atom. The smallest absolute Gasteiger partial charge is 0.328 e. The fourth-order valence-corrected chi connectivity index (χ4v) is 4.25. The number of rotatable bonds is 6. The van der Waals surface area contributed by atoms with Gasteiger partial charge in [0.05, 0.1) is 11.2 Å². The van der Waals surface area contributed by atoms with Crippen molar-refractivity contribution in [2.24, 2.45) is 0 Å². The van der Waals surface area contributed by atoms with Crippen molar-refractivity contribution in [3.8, 4) is 11.5 Å². The molecule has 9 heteroatoms. The molecule has 1 atom stereocenters. The van der Waals surface area contributed by atoms with Crippen LogP contribution in [0.2, 0.25) is 5.02 Å². The van der Waals surface area contributed by atoms with E-state index in [1.165, 1.54) is 30.5 Å². The molecule has 0 bridgehead atoms. The van der Waals surface area contributed by atoms with Gasteiger partial charge in [-0.3, -0.25) is 4.79 Å². The number of halogens is 1. The Morgan fingerprint density at radius 3 is 2.25 bits per heavy atom. The van der Waals surface area contributed by atoms with Gasteiger partial charge < -0.3 is 14.6 Å². The zero-order valence-corrected chi connectivity index (χ0v) is 16.5. The van der Waals surface area contributed by atoms with Crippen molar-refractivity contribution >= 4 is 27.6 Å². The molecule has 0 fully saturated rings. The van der Waals surface area contributed by atoms with Gasteiger partial charge in [0, 0.05) is 11.4 Å². The monoisotopic (exact) mass is 423 g/mol. The van der Waals surface area contributed by atoms with Crippen molar-refractivity contribution in [1.82, 2.24) is 4.72 Å². The summed E-state index contributed by atoms with van der Waals surface area (Å²) in [5.41, 5.74) is -1.13. The van der Waals surface area contributed by atoms with Crippen LogP contribution in [0.5, 0.6) is 11.5 Å². The highest BCUT2D eigenvalue weighted by Gasteiger charge is 2.45. The Bertz CT molecular complexity index is 1000. The zero-order chi connectivity index (χ0) is 20.4. The van der Waals surface area contributed by atoms with Gasteiger partial charge in [-0.25, -0.2) is 8.42 Å². The summed E-state index contributed by atoms with van der Waals surface area (Å²) in [5.74, 6) is -0.329. The predicted molar refractivity (Wildman–Crippen MR) is 103 cm³/mol. The van der Waals surface area contributed by atoms with Crippen molar-refractivity contribution in [1.29, 1.82) is 0 Å². The number of carboxylic acids is 1. The number of aliphatic carboxylic acids is 1. The second-order valence-electron chi connectivity index (χ2n) is 6.47. The van der Waals surface area contributed by atoms with E-state index in [0.717, 1.165) is 0 Å². The lowest BCUT2D eigenvalue weighted by Gasteiger charge is -2.32. The molecule has 0 amide bonds. The van der Waals surface area contributed by atoms with E-state index in [-0.39, 0.29) is 17.9 Å². The van der Waals surface area contributed by atoms with Crippen LogP contribution < -0.4 is 9.46 Å².